The van der Waals surface area contributed by atoms with Gasteiger partial charge in [-0.1, -0.05) is 34.8 Å². The number of aromatic nitrogens is 2. The Morgan fingerprint density at radius 1 is 1.15 bits per heavy atom. The summed E-state index contributed by atoms with van der Waals surface area (Å²) < 4.78 is 27.2. The maximum atomic E-state index is 12.4. The van der Waals surface area contributed by atoms with Crippen molar-refractivity contribution in [1.82, 2.24) is 10.2 Å². The molecule has 0 spiro atoms. The fourth-order valence-electron chi connectivity index (χ4n) is 1.67. The van der Waals surface area contributed by atoms with Gasteiger partial charge in [-0.05, 0) is 26.0 Å². The van der Waals surface area contributed by atoms with Crippen molar-refractivity contribution in [2.45, 2.75) is 18.7 Å². The molecule has 9 heteroatoms. The Kier molecular flexibility index (Phi) is 4.20. The maximum absolute atomic E-state index is 12.4. The van der Waals surface area contributed by atoms with Crippen molar-refractivity contribution in [3.8, 4) is 0 Å². The number of aromatic amines is 1. The van der Waals surface area contributed by atoms with Crippen molar-refractivity contribution in [3.63, 3.8) is 0 Å². The van der Waals surface area contributed by atoms with Crippen LogP contribution in [0.3, 0.4) is 0 Å². The van der Waals surface area contributed by atoms with E-state index in [0.29, 0.717) is 17.1 Å². The zero-order chi connectivity index (χ0) is 15.1. The van der Waals surface area contributed by atoms with E-state index in [9.17, 15) is 8.42 Å². The summed E-state index contributed by atoms with van der Waals surface area (Å²) in [5, 5.41) is 6.76. The summed E-state index contributed by atoms with van der Waals surface area (Å²) in [4.78, 5) is -0.217. The van der Waals surface area contributed by atoms with Crippen molar-refractivity contribution in [2.24, 2.45) is 0 Å². The molecule has 0 saturated carbocycles. The minimum absolute atomic E-state index is 0.0474. The van der Waals surface area contributed by atoms with E-state index in [-0.39, 0.29) is 20.0 Å². The van der Waals surface area contributed by atoms with Gasteiger partial charge in [0.2, 0.25) is 0 Å². The van der Waals surface area contributed by atoms with Gasteiger partial charge in [0, 0.05) is 5.02 Å². The van der Waals surface area contributed by atoms with Gasteiger partial charge in [-0.25, -0.2) is 8.42 Å². The van der Waals surface area contributed by atoms with E-state index in [2.05, 4.69) is 14.9 Å². The van der Waals surface area contributed by atoms with Crippen molar-refractivity contribution in [3.05, 3.63) is 38.6 Å². The van der Waals surface area contributed by atoms with E-state index in [0.717, 1.165) is 0 Å². The van der Waals surface area contributed by atoms with Gasteiger partial charge in [0.05, 0.1) is 27.1 Å². The number of aryl methyl sites for hydroxylation is 2. The highest BCUT2D eigenvalue weighted by Crippen LogP contribution is 2.34. The third-order valence-electron chi connectivity index (χ3n) is 2.60. The van der Waals surface area contributed by atoms with Gasteiger partial charge in [0.25, 0.3) is 10.0 Å². The van der Waals surface area contributed by atoms with Gasteiger partial charge in [0.1, 0.15) is 4.90 Å². The number of anilines is 1. The first-order valence-electron chi connectivity index (χ1n) is 5.41. The smallest absolute Gasteiger partial charge is 0.264 e. The normalized spacial score (nSPS) is 11.7. The molecule has 108 valence electrons. The highest BCUT2D eigenvalue weighted by atomic mass is 35.5. The van der Waals surface area contributed by atoms with Crippen molar-refractivity contribution in [2.75, 3.05) is 4.72 Å². The zero-order valence-corrected chi connectivity index (χ0v) is 13.5. The van der Waals surface area contributed by atoms with Crippen LogP contribution in [0.4, 0.5) is 5.69 Å². The molecule has 0 amide bonds. The zero-order valence-electron chi connectivity index (χ0n) is 10.5. The predicted octanol–water partition coefficient (Wildman–Crippen LogP) is 3.79. The fourth-order valence-corrected chi connectivity index (χ4v) is 4.40. The highest BCUT2D eigenvalue weighted by Gasteiger charge is 2.24. The third-order valence-corrected chi connectivity index (χ3v) is 5.08. The lowest BCUT2D eigenvalue weighted by atomic mass is 10.3. The Bertz CT molecular complexity index is 729. The number of hydrogen-bond acceptors (Lipinski definition) is 3. The summed E-state index contributed by atoms with van der Waals surface area (Å²) in [7, 11) is -3.94. The van der Waals surface area contributed by atoms with Crippen LogP contribution in [0.5, 0.6) is 0 Å². The van der Waals surface area contributed by atoms with Crippen LogP contribution in [0, 0.1) is 13.8 Å². The minimum Gasteiger partial charge on any atom is -0.280 e. The first kappa shape index (κ1) is 15.4. The van der Waals surface area contributed by atoms with E-state index >= 15 is 0 Å². The van der Waals surface area contributed by atoms with Crippen molar-refractivity contribution in [1.29, 1.82) is 0 Å². The van der Waals surface area contributed by atoms with Crippen molar-refractivity contribution < 1.29 is 8.42 Å². The molecule has 0 aliphatic heterocycles. The van der Waals surface area contributed by atoms with Crippen LogP contribution < -0.4 is 4.72 Å². The number of benzene rings is 1. The average Bonchev–Trinajstić information content (AvgIpc) is 2.58. The number of nitrogens with one attached hydrogen (secondary N) is 2. The second-order valence-corrected chi connectivity index (χ2v) is 6.98. The highest BCUT2D eigenvalue weighted by molar-refractivity contribution is 7.93. The Morgan fingerprint density at radius 2 is 1.70 bits per heavy atom. The number of nitrogens with zero attached hydrogens (tertiary/aromatic N) is 1. The second kappa shape index (κ2) is 5.44. The van der Waals surface area contributed by atoms with E-state index in [1.165, 1.54) is 12.1 Å². The number of rotatable bonds is 3. The minimum atomic E-state index is -3.94. The molecule has 0 saturated heterocycles. The summed E-state index contributed by atoms with van der Waals surface area (Å²) in [5.74, 6) is 0. The van der Waals surface area contributed by atoms with Gasteiger partial charge in [0.15, 0.2) is 0 Å². The predicted molar refractivity (Wildman–Crippen MR) is 80.3 cm³/mol. The molecule has 1 aromatic carbocycles. The van der Waals surface area contributed by atoms with E-state index in [1.807, 2.05) is 0 Å². The summed E-state index contributed by atoms with van der Waals surface area (Å²) in [6.07, 6.45) is 0. The van der Waals surface area contributed by atoms with E-state index in [1.54, 1.807) is 13.8 Å². The SMILES string of the molecule is Cc1n[nH]c(C)c1NS(=O)(=O)c1c(Cl)cc(Cl)cc1Cl. The molecule has 20 heavy (non-hydrogen) atoms. The molecule has 1 heterocycles. The molecular formula is C11H10Cl3N3O2S. The number of hydrogen-bond donors (Lipinski definition) is 2. The Hall–Kier alpha value is -0.950. The molecule has 0 aliphatic rings. The van der Waals surface area contributed by atoms with Crippen LogP contribution in [0.25, 0.3) is 0 Å². The molecule has 0 atom stereocenters. The van der Waals surface area contributed by atoms with Crippen LogP contribution >= 0.6 is 34.8 Å². The third kappa shape index (κ3) is 2.88. The quantitative estimate of drug-likeness (QED) is 0.880. The Balaban J connectivity index is 2.52. The lowest BCUT2D eigenvalue weighted by Gasteiger charge is -2.11. The van der Waals surface area contributed by atoms with Gasteiger partial charge in [-0.3, -0.25) is 9.82 Å². The lowest BCUT2D eigenvalue weighted by Crippen LogP contribution is -2.15. The number of H-pyrrole nitrogens is 1. The van der Waals surface area contributed by atoms with Crippen LogP contribution in [0.1, 0.15) is 11.4 Å². The van der Waals surface area contributed by atoms with E-state index < -0.39 is 10.0 Å². The molecular weight excluding hydrogens is 345 g/mol. The molecule has 0 aliphatic carbocycles. The van der Waals surface area contributed by atoms with Gasteiger partial charge < -0.3 is 0 Å². The average molecular weight is 355 g/mol. The van der Waals surface area contributed by atoms with Gasteiger partial charge >= 0.3 is 0 Å². The molecule has 2 rings (SSSR count). The van der Waals surface area contributed by atoms with E-state index in [4.69, 9.17) is 34.8 Å². The molecule has 0 unspecified atom stereocenters. The lowest BCUT2D eigenvalue weighted by molar-refractivity contribution is 0.601. The van der Waals surface area contributed by atoms with Crippen LogP contribution in [0.15, 0.2) is 17.0 Å². The van der Waals surface area contributed by atoms with Crippen LogP contribution in [0.2, 0.25) is 15.1 Å². The molecule has 5 nitrogen and oxygen atoms in total. The standard InChI is InChI=1S/C11H10Cl3N3O2S/c1-5-10(6(2)16-15-5)17-20(18,19)11-8(13)3-7(12)4-9(11)14/h3-4,17H,1-2H3,(H,15,16). The molecule has 2 aromatic rings. The summed E-state index contributed by atoms with van der Waals surface area (Å²) in [6.45, 7) is 3.37. The first-order valence-corrected chi connectivity index (χ1v) is 8.03. The summed E-state index contributed by atoms with van der Waals surface area (Å²) in [5.41, 5.74) is 1.48. The maximum Gasteiger partial charge on any atom is 0.264 e. The first-order chi connectivity index (χ1) is 9.22. The second-order valence-electron chi connectivity index (χ2n) is 4.11. The molecule has 0 fully saturated rings. The molecule has 0 bridgehead atoms. The van der Waals surface area contributed by atoms with Gasteiger partial charge in [-0.2, -0.15) is 5.10 Å². The molecule has 1 aromatic heterocycles. The molecule has 2 N–H and O–H groups in total. The fraction of sp³-hybridized carbons (Fsp3) is 0.182. The van der Waals surface area contributed by atoms with Crippen LogP contribution in [-0.4, -0.2) is 18.6 Å². The van der Waals surface area contributed by atoms with Crippen LogP contribution in [-0.2, 0) is 10.0 Å². The Labute approximate surface area is 131 Å². The number of sulfonamides is 1. The Morgan fingerprint density at radius 3 is 2.15 bits per heavy atom. The molecule has 0 radical (unpaired) electrons. The monoisotopic (exact) mass is 353 g/mol. The summed E-state index contributed by atoms with van der Waals surface area (Å²) in [6, 6.07) is 2.64. The summed E-state index contributed by atoms with van der Waals surface area (Å²) >= 11 is 17.6. The topological polar surface area (TPSA) is 74.8 Å². The largest absolute Gasteiger partial charge is 0.280 e. The van der Waals surface area contributed by atoms with Crippen molar-refractivity contribution >= 4 is 50.5 Å². The van der Waals surface area contributed by atoms with Gasteiger partial charge in [-0.15, -0.1) is 0 Å². The number of halogens is 3.